The van der Waals surface area contributed by atoms with E-state index in [2.05, 4.69) is 6.92 Å². The molecule has 0 atom stereocenters. The fourth-order valence-corrected chi connectivity index (χ4v) is 2.13. The molecule has 0 spiro atoms. The lowest BCUT2D eigenvalue weighted by atomic mass is 10.1. The Morgan fingerprint density at radius 3 is 2.30 bits per heavy atom. The van der Waals surface area contributed by atoms with Crippen LogP contribution in [0.5, 0.6) is 5.75 Å². The molecule has 0 saturated carbocycles. The van der Waals surface area contributed by atoms with Crippen molar-refractivity contribution in [3.05, 3.63) is 29.6 Å². The number of hydrogen-bond acceptors (Lipinski definition) is 2. The SMILES string of the molecule is CCCCCCCCCCOc1ccc(C=O)cc1F. The standard InChI is InChI=1S/C17H25FO2/c1-2-3-4-5-6-7-8-9-12-20-17-11-10-15(14-19)13-16(17)18/h10-11,13-14H,2-9,12H2,1H3. The van der Waals surface area contributed by atoms with Crippen molar-refractivity contribution in [1.82, 2.24) is 0 Å². The van der Waals surface area contributed by atoms with Crippen LogP contribution in [0.4, 0.5) is 4.39 Å². The highest BCUT2D eigenvalue weighted by Crippen LogP contribution is 2.18. The van der Waals surface area contributed by atoms with Gasteiger partial charge in [0.1, 0.15) is 6.29 Å². The molecule has 0 amide bonds. The molecule has 0 radical (unpaired) electrons. The van der Waals surface area contributed by atoms with E-state index in [1.807, 2.05) is 0 Å². The van der Waals surface area contributed by atoms with Gasteiger partial charge in [-0.2, -0.15) is 0 Å². The largest absolute Gasteiger partial charge is 0.491 e. The normalized spacial score (nSPS) is 10.5. The maximum Gasteiger partial charge on any atom is 0.165 e. The molecule has 0 unspecified atom stereocenters. The number of unbranched alkanes of at least 4 members (excludes halogenated alkanes) is 7. The van der Waals surface area contributed by atoms with Crippen molar-refractivity contribution < 1.29 is 13.9 Å². The summed E-state index contributed by atoms with van der Waals surface area (Å²) in [6.45, 7) is 2.75. The van der Waals surface area contributed by atoms with Crippen molar-refractivity contribution in [3.8, 4) is 5.75 Å². The van der Waals surface area contributed by atoms with Crippen molar-refractivity contribution in [1.29, 1.82) is 0 Å². The van der Waals surface area contributed by atoms with E-state index in [1.165, 1.54) is 50.7 Å². The van der Waals surface area contributed by atoms with Gasteiger partial charge in [-0.1, -0.05) is 51.9 Å². The molecule has 3 heteroatoms. The zero-order chi connectivity index (χ0) is 14.6. The predicted octanol–water partition coefficient (Wildman–Crippen LogP) is 5.16. The Balaban J connectivity index is 2.08. The number of hydrogen-bond donors (Lipinski definition) is 0. The van der Waals surface area contributed by atoms with Gasteiger partial charge in [-0.25, -0.2) is 4.39 Å². The Kier molecular flexibility index (Phi) is 8.68. The number of benzene rings is 1. The molecule has 0 aliphatic heterocycles. The van der Waals surface area contributed by atoms with Crippen molar-refractivity contribution >= 4 is 6.29 Å². The molecule has 0 heterocycles. The first-order valence-corrected chi connectivity index (χ1v) is 7.65. The van der Waals surface area contributed by atoms with E-state index in [-0.39, 0.29) is 5.75 Å². The second kappa shape index (κ2) is 10.4. The summed E-state index contributed by atoms with van der Waals surface area (Å²) in [4.78, 5) is 10.5. The Hall–Kier alpha value is -1.38. The highest BCUT2D eigenvalue weighted by atomic mass is 19.1. The van der Waals surface area contributed by atoms with Crippen molar-refractivity contribution in [2.45, 2.75) is 58.3 Å². The fourth-order valence-electron chi connectivity index (χ4n) is 2.13. The monoisotopic (exact) mass is 280 g/mol. The number of rotatable bonds is 11. The van der Waals surface area contributed by atoms with E-state index in [0.29, 0.717) is 18.5 Å². The summed E-state index contributed by atoms with van der Waals surface area (Å²) in [5, 5.41) is 0. The van der Waals surface area contributed by atoms with Crippen LogP contribution >= 0.6 is 0 Å². The van der Waals surface area contributed by atoms with E-state index in [0.717, 1.165) is 12.8 Å². The van der Waals surface area contributed by atoms with Crippen LogP contribution in [0, 0.1) is 5.82 Å². The Morgan fingerprint density at radius 1 is 1.05 bits per heavy atom. The molecule has 20 heavy (non-hydrogen) atoms. The molecule has 0 aromatic heterocycles. The lowest BCUT2D eigenvalue weighted by molar-refractivity contribution is 0.112. The lowest BCUT2D eigenvalue weighted by Crippen LogP contribution is -1.99. The summed E-state index contributed by atoms with van der Waals surface area (Å²) >= 11 is 0. The predicted molar refractivity (Wildman–Crippen MR) is 79.9 cm³/mol. The Labute approximate surface area is 121 Å². The van der Waals surface area contributed by atoms with Crippen LogP contribution in [0.3, 0.4) is 0 Å². The second-order valence-electron chi connectivity index (χ2n) is 5.13. The van der Waals surface area contributed by atoms with Gasteiger partial charge in [0.25, 0.3) is 0 Å². The van der Waals surface area contributed by atoms with Crippen LogP contribution in [0.1, 0.15) is 68.6 Å². The first kappa shape index (κ1) is 16.7. The van der Waals surface area contributed by atoms with Gasteiger partial charge in [-0.3, -0.25) is 4.79 Å². The number of halogens is 1. The highest BCUT2D eigenvalue weighted by molar-refractivity contribution is 5.74. The molecule has 1 rings (SSSR count). The Morgan fingerprint density at radius 2 is 1.70 bits per heavy atom. The van der Waals surface area contributed by atoms with Gasteiger partial charge in [0.05, 0.1) is 6.61 Å². The molecule has 0 bridgehead atoms. The van der Waals surface area contributed by atoms with Crippen molar-refractivity contribution in [2.24, 2.45) is 0 Å². The molecular formula is C17H25FO2. The smallest absolute Gasteiger partial charge is 0.165 e. The van der Waals surface area contributed by atoms with Gasteiger partial charge in [-0.05, 0) is 24.6 Å². The van der Waals surface area contributed by atoms with Crippen molar-refractivity contribution in [2.75, 3.05) is 6.61 Å². The summed E-state index contributed by atoms with van der Waals surface area (Å²) in [7, 11) is 0. The topological polar surface area (TPSA) is 26.3 Å². The average Bonchev–Trinajstić information content (AvgIpc) is 2.47. The van der Waals surface area contributed by atoms with E-state index in [1.54, 1.807) is 6.07 Å². The summed E-state index contributed by atoms with van der Waals surface area (Å²) in [5.74, 6) is -0.229. The molecular weight excluding hydrogens is 255 g/mol. The average molecular weight is 280 g/mol. The molecule has 1 aromatic rings. The molecule has 2 nitrogen and oxygen atoms in total. The molecule has 1 aromatic carbocycles. The summed E-state index contributed by atoms with van der Waals surface area (Å²) in [6, 6.07) is 4.29. The first-order chi connectivity index (χ1) is 9.77. The number of aldehydes is 1. The molecule has 0 saturated heterocycles. The zero-order valence-electron chi connectivity index (χ0n) is 12.4. The van der Waals surface area contributed by atoms with Crippen LogP contribution in [-0.4, -0.2) is 12.9 Å². The Bertz CT molecular complexity index is 391. The lowest BCUT2D eigenvalue weighted by Gasteiger charge is -2.07. The number of carbonyl (C=O) groups is 1. The molecule has 112 valence electrons. The van der Waals surface area contributed by atoms with Gasteiger partial charge < -0.3 is 4.74 Å². The minimum Gasteiger partial charge on any atom is -0.491 e. The second-order valence-corrected chi connectivity index (χ2v) is 5.13. The van der Waals surface area contributed by atoms with Gasteiger partial charge >= 0.3 is 0 Å². The summed E-state index contributed by atoms with van der Waals surface area (Å²) < 4.78 is 18.9. The van der Waals surface area contributed by atoms with Crippen molar-refractivity contribution in [3.63, 3.8) is 0 Å². The van der Waals surface area contributed by atoms with E-state index in [9.17, 15) is 9.18 Å². The molecule has 0 aliphatic rings. The van der Waals surface area contributed by atoms with Gasteiger partial charge in [0.2, 0.25) is 0 Å². The first-order valence-electron chi connectivity index (χ1n) is 7.65. The van der Waals surface area contributed by atoms with E-state index < -0.39 is 5.82 Å². The minimum atomic E-state index is -0.464. The summed E-state index contributed by atoms with van der Waals surface area (Å²) in [5.41, 5.74) is 0.335. The van der Waals surface area contributed by atoms with Crippen LogP contribution in [-0.2, 0) is 0 Å². The minimum absolute atomic E-state index is 0.235. The van der Waals surface area contributed by atoms with Gasteiger partial charge in [0.15, 0.2) is 11.6 Å². The zero-order valence-corrected chi connectivity index (χ0v) is 12.4. The summed E-state index contributed by atoms with van der Waals surface area (Å²) in [6.07, 6.45) is 10.5. The quantitative estimate of drug-likeness (QED) is 0.413. The van der Waals surface area contributed by atoms with Crippen LogP contribution in [0.15, 0.2) is 18.2 Å². The third-order valence-corrected chi connectivity index (χ3v) is 3.35. The fraction of sp³-hybridized carbons (Fsp3) is 0.588. The maximum atomic E-state index is 13.5. The van der Waals surface area contributed by atoms with Crippen LogP contribution in [0.25, 0.3) is 0 Å². The van der Waals surface area contributed by atoms with E-state index >= 15 is 0 Å². The number of ether oxygens (including phenoxy) is 1. The number of carbonyl (C=O) groups excluding carboxylic acids is 1. The van der Waals surface area contributed by atoms with Crippen LogP contribution in [0.2, 0.25) is 0 Å². The molecule has 0 fully saturated rings. The highest BCUT2D eigenvalue weighted by Gasteiger charge is 2.04. The molecule has 0 aliphatic carbocycles. The molecule has 0 N–H and O–H groups in total. The van der Waals surface area contributed by atoms with E-state index in [4.69, 9.17) is 4.74 Å². The van der Waals surface area contributed by atoms with Gasteiger partial charge in [0, 0.05) is 5.56 Å². The maximum absolute atomic E-state index is 13.5. The third-order valence-electron chi connectivity index (χ3n) is 3.35. The third kappa shape index (κ3) is 6.69. The van der Waals surface area contributed by atoms with Crippen LogP contribution < -0.4 is 4.74 Å². The van der Waals surface area contributed by atoms with Gasteiger partial charge in [-0.15, -0.1) is 0 Å².